The number of carbonyl (C=O) groups excluding carboxylic acids is 2. The number of carbonyl (C=O) groups is 2. The molecule has 1 atom stereocenters. The molecule has 150 valence electrons. The number of anilines is 1. The van der Waals surface area contributed by atoms with E-state index in [0.29, 0.717) is 30.9 Å². The summed E-state index contributed by atoms with van der Waals surface area (Å²) >= 11 is 0. The lowest BCUT2D eigenvalue weighted by Crippen LogP contribution is -2.49. The van der Waals surface area contributed by atoms with Crippen LogP contribution in [0.5, 0.6) is 0 Å². The van der Waals surface area contributed by atoms with Gasteiger partial charge >= 0.3 is 0 Å². The number of hydrogen-bond acceptors (Lipinski definition) is 5. The summed E-state index contributed by atoms with van der Waals surface area (Å²) in [5.41, 5.74) is 6.94. The zero-order chi connectivity index (χ0) is 20.0. The van der Waals surface area contributed by atoms with Crippen molar-refractivity contribution >= 4 is 27.5 Å². The Labute approximate surface area is 160 Å². The average molecular weight is 397 g/mol. The number of nitrogens with zero attached hydrogens (tertiary/aromatic N) is 1. The number of rotatable bonds is 7. The van der Waals surface area contributed by atoms with Crippen LogP contribution in [-0.4, -0.2) is 57.1 Å². The highest BCUT2D eigenvalue weighted by molar-refractivity contribution is 7.92. The maximum atomic E-state index is 13.0. The molecule has 1 aromatic rings. The smallest absolute Gasteiger partial charge is 0.254 e. The number of nitrogens with one attached hydrogen (secondary N) is 2. The largest absolute Gasteiger partial charge is 0.354 e. The molecule has 4 N–H and O–H groups in total. The molecule has 2 amide bonds. The number of likely N-dealkylation sites (tertiary alicyclic amines) is 1. The maximum absolute atomic E-state index is 13.0. The quantitative estimate of drug-likeness (QED) is 0.630. The van der Waals surface area contributed by atoms with Crippen molar-refractivity contribution in [3.63, 3.8) is 0 Å². The summed E-state index contributed by atoms with van der Waals surface area (Å²) in [5.74, 6) is -0.283. The fraction of sp³-hybridized carbons (Fsp3) is 0.556. The minimum Gasteiger partial charge on any atom is -0.354 e. The Morgan fingerprint density at radius 3 is 2.70 bits per heavy atom. The van der Waals surface area contributed by atoms with Crippen molar-refractivity contribution in [3.05, 3.63) is 29.3 Å². The summed E-state index contributed by atoms with van der Waals surface area (Å²) in [7, 11) is -3.43. The van der Waals surface area contributed by atoms with E-state index < -0.39 is 10.0 Å². The highest BCUT2D eigenvalue weighted by Gasteiger charge is 2.28. The molecule has 9 heteroatoms. The van der Waals surface area contributed by atoms with Crippen LogP contribution in [0.2, 0.25) is 0 Å². The number of nitrogens with two attached hydrogens (primary N) is 1. The third-order valence-corrected chi connectivity index (χ3v) is 5.16. The van der Waals surface area contributed by atoms with Crippen LogP contribution in [0.1, 0.15) is 41.6 Å². The second kappa shape index (κ2) is 9.18. The van der Waals surface area contributed by atoms with Gasteiger partial charge in [-0.2, -0.15) is 0 Å². The molecule has 27 heavy (non-hydrogen) atoms. The van der Waals surface area contributed by atoms with Gasteiger partial charge in [0.2, 0.25) is 15.9 Å². The van der Waals surface area contributed by atoms with Crippen LogP contribution in [-0.2, 0) is 14.8 Å². The standard InChI is InChI=1S/C18H28N4O4S/c1-13-6-7-14(11-16(13)21-27(2,25)26)18(24)22-10-4-3-5-15(22)12-20-17(23)8-9-19/h6-7,11,15,21H,3-5,8-10,12,19H2,1-2H3,(H,20,23). The van der Waals surface area contributed by atoms with Crippen molar-refractivity contribution < 1.29 is 18.0 Å². The Morgan fingerprint density at radius 2 is 2.04 bits per heavy atom. The summed E-state index contributed by atoms with van der Waals surface area (Å²) < 4.78 is 25.5. The molecule has 0 saturated carbocycles. The van der Waals surface area contributed by atoms with Gasteiger partial charge in [-0.1, -0.05) is 6.07 Å². The van der Waals surface area contributed by atoms with Crippen molar-refractivity contribution in [1.29, 1.82) is 0 Å². The second-order valence-corrected chi connectivity index (χ2v) is 8.64. The van der Waals surface area contributed by atoms with Crippen LogP contribution in [0.3, 0.4) is 0 Å². The SMILES string of the molecule is Cc1ccc(C(=O)N2CCCCC2CNC(=O)CCN)cc1NS(C)(=O)=O. The topological polar surface area (TPSA) is 122 Å². The molecular formula is C18H28N4O4S. The van der Waals surface area contributed by atoms with Gasteiger partial charge in [-0.3, -0.25) is 14.3 Å². The zero-order valence-corrected chi connectivity index (χ0v) is 16.6. The summed E-state index contributed by atoms with van der Waals surface area (Å²) in [4.78, 5) is 26.5. The Hall–Kier alpha value is -2.13. The molecule has 1 aromatic carbocycles. The van der Waals surface area contributed by atoms with E-state index in [9.17, 15) is 18.0 Å². The predicted molar refractivity (Wildman–Crippen MR) is 105 cm³/mol. The molecule has 0 radical (unpaired) electrons. The first kappa shape index (κ1) is 21.2. The van der Waals surface area contributed by atoms with Crippen molar-refractivity contribution in [2.75, 3.05) is 30.6 Å². The van der Waals surface area contributed by atoms with E-state index in [4.69, 9.17) is 5.73 Å². The van der Waals surface area contributed by atoms with Gasteiger partial charge in [0.1, 0.15) is 0 Å². The molecule has 2 rings (SSSR count). The minimum atomic E-state index is -3.43. The third-order valence-electron chi connectivity index (χ3n) is 4.57. The summed E-state index contributed by atoms with van der Waals surface area (Å²) in [6.45, 7) is 3.07. The predicted octanol–water partition coefficient (Wildman–Crippen LogP) is 0.826. The van der Waals surface area contributed by atoms with Gasteiger partial charge in [0.25, 0.3) is 5.91 Å². The molecule has 1 aliphatic rings. The number of piperidine rings is 1. The van der Waals surface area contributed by atoms with Gasteiger partial charge in [0, 0.05) is 37.7 Å². The number of aryl methyl sites for hydroxylation is 1. The van der Waals surface area contributed by atoms with Gasteiger partial charge in [0.05, 0.1) is 11.9 Å². The first-order chi connectivity index (χ1) is 12.7. The maximum Gasteiger partial charge on any atom is 0.254 e. The molecule has 0 aromatic heterocycles. The van der Waals surface area contributed by atoms with Crippen LogP contribution in [0.4, 0.5) is 5.69 Å². The molecule has 0 aliphatic carbocycles. The summed E-state index contributed by atoms with van der Waals surface area (Å²) in [5, 5.41) is 2.84. The first-order valence-electron chi connectivity index (χ1n) is 9.07. The first-order valence-corrected chi connectivity index (χ1v) is 11.0. The molecule has 1 saturated heterocycles. The summed E-state index contributed by atoms with van der Waals surface area (Å²) in [6, 6.07) is 4.91. The van der Waals surface area contributed by atoms with Gasteiger partial charge in [0.15, 0.2) is 0 Å². The van der Waals surface area contributed by atoms with E-state index in [-0.39, 0.29) is 24.3 Å². The zero-order valence-electron chi connectivity index (χ0n) is 15.8. The highest BCUT2D eigenvalue weighted by atomic mass is 32.2. The molecule has 1 heterocycles. The molecule has 1 fully saturated rings. The van der Waals surface area contributed by atoms with E-state index in [1.807, 2.05) is 0 Å². The molecule has 0 spiro atoms. The van der Waals surface area contributed by atoms with E-state index in [0.717, 1.165) is 31.1 Å². The van der Waals surface area contributed by atoms with Crippen molar-refractivity contribution in [2.24, 2.45) is 5.73 Å². The Kier molecular flexibility index (Phi) is 7.20. The normalized spacial score (nSPS) is 17.4. The van der Waals surface area contributed by atoms with Crippen LogP contribution < -0.4 is 15.8 Å². The highest BCUT2D eigenvalue weighted by Crippen LogP contribution is 2.23. The number of benzene rings is 1. The molecule has 8 nitrogen and oxygen atoms in total. The van der Waals surface area contributed by atoms with Crippen LogP contribution in [0.25, 0.3) is 0 Å². The average Bonchev–Trinajstić information content (AvgIpc) is 2.60. The van der Waals surface area contributed by atoms with Crippen molar-refractivity contribution in [1.82, 2.24) is 10.2 Å². The second-order valence-electron chi connectivity index (χ2n) is 6.89. The van der Waals surface area contributed by atoms with E-state index >= 15 is 0 Å². The van der Waals surface area contributed by atoms with Crippen LogP contribution in [0.15, 0.2) is 18.2 Å². The fourth-order valence-corrected chi connectivity index (χ4v) is 3.78. The third kappa shape index (κ3) is 6.21. The van der Waals surface area contributed by atoms with E-state index in [2.05, 4.69) is 10.0 Å². The van der Waals surface area contributed by atoms with Gasteiger partial charge in [-0.15, -0.1) is 0 Å². The number of sulfonamides is 1. The van der Waals surface area contributed by atoms with Gasteiger partial charge in [-0.05, 0) is 43.9 Å². The lowest BCUT2D eigenvalue weighted by atomic mass is 10.00. The van der Waals surface area contributed by atoms with E-state index in [1.54, 1.807) is 30.0 Å². The Morgan fingerprint density at radius 1 is 1.30 bits per heavy atom. The van der Waals surface area contributed by atoms with Gasteiger partial charge < -0.3 is 16.0 Å². The lowest BCUT2D eigenvalue weighted by molar-refractivity contribution is -0.121. The molecule has 1 aliphatic heterocycles. The van der Waals surface area contributed by atoms with Crippen molar-refractivity contribution in [2.45, 2.75) is 38.6 Å². The van der Waals surface area contributed by atoms with Crippen LogP contribution >= 0.6 is 0 Å². The lowest BCUT2D eigenvalue weighted by Gasteiger charge is -2.36. The molecule has 0 bridgehead atoms. The summed E-state index contributed by atoms with van der Waals surface area (Å²) in [6.07, 6.45) is 4.05. The van der Waals surface area contributed by atoms with Crippen molar-refractivity contribution in [3.8, 4) is 0 Å². The monoisotopic (exact) mass is 396 g/mol. The minimum absolute atomic E-state index is 0.0828. The molecular weight excluding hydrogens is 368 g/mol. The van der Waals surface area contributed by atoms with Crippen LogP contribution in [0, 0.1) is 6.92 Å². The molecule has 1 unspecified atom stereocenters. The number of hydrogen-bond donors (Lipinski definition) is 3. The fourth-order valence-electron chi connectivity index (χ4n) is 3.16. The Balaban J connectivity index is 2.16. The number of amides is 2. The van der Waals surface area contributed by atoms with Gasteiger partial charge in [-0.25, -0.2) is 8.42 Å². The Bertz CT molecular complexity index is 795. The van der Waals surface area contributed by atoms with E-state index in [1.165, 1.54) is 0 Å².